The van der Waals surface area contributed by atoms with Crippen LogP contribution in [0.4, 0.5) is 0 Å². The smallest absolute Gasteiger partial charge is 0.310 e. The zero-order chi connectivity index (χ0) is 9.90. The molecule has 1 N–H and O–H groups in total. The van der Waals surface area contributed by atoms with Crippen molar-refractivity contribution in [1.82, 2.24) is 4.90 Å². The number of carboxylic acid groups (broad SMARTS) is 1. The molecule has 3 heteroatoms. The van der Waals surface area contributed by atoms with Crippen LogP contribution in [0.5, 0.6) is 0 Å². The highest BCUT2D eigenvalue weighted by Gasteiger charge is 2.42. The van der Waals surface area contributed by atoms with Gasteiger partial charge in [0.1, 0.15) is 0 Å². The van der Waals surface area contributed by atoms with Crippen molar-refractivity contribution in [2.75, 3.05) is 19.6 Å². The Morgan fingerprint density at radius 1 is 1.77 bits per heavy atom. The van der Waals surface area contributed by atoms with E-state index in [2.05, 4.69) is 5.92 Å². The molecule has 1 fully saturated rings. The van der Waals surface area contributed by atoms with E-state index in [4.69, 9.17) is 11.5 Å². The highest BCUT2D eigenvalue weighted by atomic mass is 16.4. The number of hydrogen-bond donors (Lipinski definition) is 1. The van der Waals surface area contributed by atoms with E-state index in [0.717, 1.165) is 13.0 Å². The molecule has 1 atom stereocenters. The molecule has 0 amide bonds. The first-order valence-corrected chi connectivity index (χ1v) is 4.54. The van der Waals surface area contributed by atoms with Gasteiger partial charge in [-0.15, -0.1) is 6.42 Å². The summed E-state index contributed by atoms with van der Waals surface area (Å²) in [5.74, 6) is 1.86. The second-order valence-corrected chi connectivity index (χ2v) is 3.60. The fourth-order valence-corrected chi connectivity index (χ4v) is 1.84. The molecule has 1 unspecified atom stereocenters. The van der Waals surface area contributed by atoms with Crippen LogP contribution >= 0.6 is 0 Å². The minimum atomic E-state index is -0.686. The normalized spacial score (nSPS) is 28.6. The summed E-state index contributed by atoms with van der Waals surface area (Å²) < 4.78 is 0. The van der Waals surface area contributed by atoms with Gasteiger partial charge < -0.3 is 5.11 Å². The molecule has 1 aliphatic rings. The number of carboxylic acids is 1. The van der Waals surface area contributed by atoms with E-state index in [9.17, 15) is 4.79 Å². The van der Waals surface area contributed by atoms with E-state index in [1.807, 2.05) is 11.8 Å². The van der Waals surface area contributed by atoms with Crippen molar-refractivity contribution in [3.63, 3.8) is 0 Å². The van der Waals surface area contributed by atoms with Crippen LogP contribution in [0.3, 0.4) is 0 Å². The van der Waals surface area contributed by atoms with E-state index in [0.29, 0.717) is 19.5 Å². The summed E-state index contributed by atoms with van der Waals surface area (Å²) in [5.41, 5.74) is -0.545. The summed E-state index contributed by atoms with van der Waals surface area (Å²) in [5, 5.41) is 9.07. The fraction of sp³-hybridized carbons (Fsp3) is 0.700. The Kier molecular flexibility index (Phi) is 2.94. The molecule has 0 bridgehead atoms. The van der Waals surface area contributed by atoms with Crippen LogP contribution in [-0.4, -0.2) is 35.6 Å². The molecule has 1 heterocycles. The zero-order valence-electron chi connectivity index (χ0n) is 7.92. The molecule has 1 aliphatic heterocycles. The van der Waals surface area contributed by atoms with Gasteiger partial charge in [-0.3, -0.25) is 9.69 Å². The number of carbonyl (C=O) groups is 1. The van der Waals surface area contributed by atoms with Crippen molar-refractivity contribution >= 4 is 5.97 Å². The second-order valence-electron chi connectivity index (χ2n) is 3.60. The summed E-state index contributed by atoms with van der Waals surface area (Å²) in [6.07, 6.45) is 6.58. The lowest BCUT2D eigenvalue weighted by Crippen LogP contribution is -2.34. The lowest BCUT2D eigenvalue weighted by Gasteiger charge is -2.22. The Morgan fingerprint density at radius 3 is 2.85 bits per heavy atom. The molecule has 72 valence electrons. The minimum absolute atomic E-state index is 0.545. The summed E-state index contributed by atoms with van der Waals surface area (Å²) in [6.45, 7) is 3.90. The molecular formula is C10H15NO2. The van der Waals surface area contributed by atoms with Gasteiger partial charge in [-0.25, -0.2) is 0 Å². The Bertz CT molecular complexity index is 244. The molecule has 0 spiro atoms. The molecule has 0 aromatic carbocycles. The average Bonchev–Trinajstić information content (AvgIpc) is 2.50. The maximum absolute atomic E-state index is 11.0. The summed E-state index contributed by atoms with van der Waals surface area (Å²) in [4.78, 5) is 13.1. The summed E-state index contributed by atoms with van der Waals surface area (Å²) in [7, 11) is 0. The third-order valence-electron chi connectivity index (χ3n) is 2.88. The molecule has 0 aromatic rings. The number of hydrogen-bond acceptors (Lipinski definition) is 2. The van der Waals surface area contributed by atoms with Gasteiger partial charge in [0, 0.05) is 13.1 Å². The van der Waals surface area contributed by atoms with Crippen molar-refractivity contribution in [2.24, 2.45) is 5.41 Å². The topological polar surface area (TPSA) is 40.5 Å². The predicted molar refractivity (Wildman–Crippen MR) is 50.2 cm³/mol. The van der Waals surface area contributed by atoms with Crippen LogP contribution in [0.25, 0.3) is 0 Å². The maximum atomic E-state index is 11.0. The van der Waals surface area contributed by atoms with Gasteiger partial charge in [0.15, 0.2) is 0 Å². The van der Waals surface area contributed by atoms with Gasteiger partial charge in [-0.2, -0.15) is 0 Å². The van der Waals surface area contributed by atoms with Gasteiger partial charge >= 0.3 is 5.97 Å². The Morgan fingerprint density at radius 2 is 2.46 bits per heavy atom. The molecule has 0 aliphatic carbocycles. The van der Waals surface area contributed by atoms with Crippen molar-refractivity contribution in [3.8, 4) is 12.3 Å². The molecule has 0 radical (unpaired) electrons. The number of aliphatic carboxylic acids is 1. The van der Waals surface area contributed by atoms with Crippen LogP contribution < -0.4 is 0 Å². The first-order chi connectivity index (χ1) is 6.14. The number of likely N-dealkylation sites (tertiary alicyclic amines) is 1. The van der Waals surface area contributed by atoms with Gasteiger partial charge in [-0.1, -0.05) is 12.8 Å². The van der Waals surface area contributed by atoms with Gasteiger partial charge in [0.25, 0.3) is 0 Å². The number of terminal acetylenes is 1. The lowest BCUT2D eigenvalue weighted by atomic mass is 9.84. The summed E-state index contributed by atoms with van der Waals surface area (Å²) in [6, 6.07) is 0. The Balaban J connectivity index is 2.64. The molecular weight excluding hydrogens is 166 g/mol. The second kappa shape index (κ2) is 3.80. The van der Waals surface area contributed by atoms with E-state index in [1.54, 1.807) is 0 Å². The van der Waals surface area contributed by atoms with Crippen molar-refractivity contribution < 1.29 is 9.90 Å². The van der Waals surface area contributed by atoms with Crippen LogP contribution in [0.1, 0.15) is 19.8 Å². The van der Waals surface area contributed by atoms with E-state index >= 15 is 0 Å². The monoisotopic (exact) mass is 181 g/mol. The quantitative estimate of drug-likeness (QED) is 0.655. The standard InChI is InChI=1S/C10H15NO2/c1-3-6-11-7-5-10(4-2,8-11)9(12)13/h1H,4-8H2,2H3,(H,12,13). The lowest BCUT2D eigenvalue weighted by molar-refractivity contribution is -0.148. The highest BCUT2D eigenvalue weighted by Crippen LogP contribution is 2.33. The van der Waals surface area contributed by atoms with E-state index < -0.39 is 11.4 Å². The third-order valence-corrected chi connectivity index (χ3v) is 2.88. The first kappa shape index (κ1) is 10.1. The third kappa shape index (κ3) is 1.84. The molecule has 1 saturated heterocycles. The Hall–Kier alpha value is -1.01. The average molecular weight is 181 g/mol. The maximum Gasteiger partial charge on any atom is 0.310 e. The van der Waals surface area contributed by atoms with Crippen LogP contribution in [0.2, 0.25) is 0 Å². The minimum Gasteiger partial charge on any atom is -0.481 e. The van der Waals surface area contributed by atoms with Crippen LogP contribution in [-0.2, 0) is 4.79 Å². The van der Waals surface area contributed by atoms with Crippen molar-refractivity contribution in [2.45, 2.75) is 19.8 Å². The SMILES string of the molecule is C#CCN1CCC(CC)(C(=O)O)C1. The Labute approximate surface area is 78.7 Å². The van der Waals surface area contributed by atoms with Crippen LogP contribution in [0, 0.1) is 17.8 Å². The predicted octanol–water partition coefficient (Wildman–Crippen LogP) is 0.806. The molecule has 3 nitrogen and oxygen atoms in total. The van der Waals surface area contributed by atoms with Gasteiger partial charge in [0.2, 0.25) is 0 Å². The van der Waals surface area contributed by atoms with Crippen molar-refractivity contribution in [3.05, 3.63) is 0 Å². The van der Waals surface area contributed by atoms with Crippen LogP contribution in [0.15, 0.2) is 0 Å². The fourth-order valence-electron chi connectivity index (χ4n) is 1.84. The van der Waals surface area contributed by atoms with Gasteiger partial charge in [0.05, 0.1) is 12.0 Å². The van der Waals surface area contributed by atoms with E-state index in [-0.39, 0.29) is 0 Å². The van der Waals surface area contributed by atoms with E-state index in [1.165, 1.54) is 0 Å². The number of nitrogens with zero attached hydrogens (tertiary/aromatic N) is 1. The molecule has 13 heavy (non-hydrogen) atoms. The molecule has 0 saturated carbocycles. The summed E-state index contributed by atoms with van der Waals surface area (Å²) >= 11 is 0. The van der Waals surface area contributed by atoms with Gasteiger partial charge in [-0.05, 0) is 12.8 Å². The molecule has 0 aromatic heterocycles. The first-order valence-electron chi connectivity index (χ1n) is 4.54. The zero-order valence-corrected chi connectivity index (χ0v) is 7.92. The highest BCUT2D eigenvalue weighted by molar-refractivity contribution is 5.75. The molecule has 1 rings (SSSR count). The largest absolute Gasteiger partial charge is 0.481 e. The number of rotatable bonds is 3. The van der Waals surface area contributed by atoms with Crippen molar-refractivity contribution in [1.29, 1.82) is 0 Å².